The van der Waals surface area contributed by atoms with E-state index in [9.17, 15) is 4.39 Å². The molecule has 1 atom stereocenters. The predicted octanol–water partition coefficient (Wildman–Crippen LogP) is 3.98. The van der Waals surface area contributed by atoms with Gasteiger partial charge in [-0.25, -0.2) is 4.39 Å². The number of nitrogens with zero attached hydrogens (tertiary/aromatic N) is 1. The molecule has 0 amide bonds. The van der Waals surface area contributed by atoms with E-state index in [1.165, 1.54) is 4.88 Å². The first-order valence-electron chi connectivity index (χ1n) is 9.92. The lowest BCUT2D eigenvalue weighted by atomic mass is 9.74. The summed E-state index contributed by atoms with van der Waals surface area (Å²) < 4.78 is 19.0. The number of nitrogens with one attached hydrogen (secondary N) is 2. The number of hydrogen-bond donors (Lipinski definition) is 2. The fraction of sp³-hybridized carbons (Fsp3) is 0.500. The predicted molar refractivity (Wildman–Crippen MR) is 115 cm³/mol. The highest BCUT2D eigenvalue weighted by Gasteiger charge is 2.34. The monoisotopic (exact) mass is 403 g/mol. The van der Waals surface area contributed by atoms with Crippen molar-refractivity contribution < 1.29 is 9.13 Å². The maximum Gasteiger partial charge on any atom is 0.191 e. The van der Waals surface area contributed by atoms with Crippen molar-refractivity contribution in [2.75, 3.05) is 33.4 Å². The Morgan fingerprint density at radius 2 is 1.96 bits per heavy atom. The summed E-state index contributed by atoms with van der Waals surface area (Å²) in [6.45, 7) is 5.32. The Morgan fingerprint density at radius 3 is 2.61 bits per heavy atom. The normalized spacial score (nSPS) is 17.9. The highest BCUT2D eigenvalue weighted by Crippen LogP contribution is 2.34. The summed E-state index contributed by atoms with van der Waals surface area (Å²) >= 11 is 1.81. The molecule has 3 rings (SSSR count). The van der Waals surface area contributed by atoms with Gasteiger partial charge in [-0.05, 0) is 54.3 Å². The van der Waals surface area contributed by atoms with Gasteiger partial charge in [0.25, 0.3) is 0 Å². The van der Waals surface area contributed by atoms with Gasteiger partial charge in [0.15, 0.2) is 5.96 Å². The summed E-state index contributed by atoms with van der Waals surface area (Å²) in [7, 11) is 1.80. The number of rotatable bonds is 7. The minimum absolute atomic E-state index is 0.0633. The lowest BCUT2D eigenvalue weighted by Gasteiger charge is -2.38. The largest absolute Gasteiger partial charge is 0.381 e. The zero-order valence-corrected chi connectivity index (χ0v) is 17.5. The number of hydrogen-bond acceptors (Lipinski definition) is 3. The number of benzene rings is 1. The minimum Gasteiger partial charge on any atom is -0.381 e. The van der Waals surface area contributed by atoms with Crippen LogP contribution in [0.15, 0.2) is 46.8 Å². The maximum absolute atomic E-state index is 13.4. The second-order valence-corrected chi connectivity index (χ2v) is 8.63. The second-order valence-electron chi connectivity index (χ2n) is 7.59. The summed E-state index contributed by atoms with van der Waals surface area (Å²) in [5.41, 5.74) is 1.10. The standard InChI is InChI=1S/C22H30FN3OS/c1-17(14-20-4-3-13-28-20)15-25-21(24-2)26-16-22(9-11-27-12-10-22)18-5-7-19(23)8-6-18/h3-8,13,17H,9-12,14-16H2,1-2H3,(H2,24,25,26). The quantitative estimate of drug-likeness (QED) is 0.543. The van der Waals surface area contributed by atoms with Gasteiger partial charge in [0, 0.05) is 43.6 Å². The van der Waals surface area contributed by atoms with E-state index in [0.29, 0.717) is 5.92 Å². The van der Waals surface area contributed by atoms with Crippen molar-refractivity contribution in [3.63, 3.8) is 0 Å². The van der Waals surface area contributed by atoms with Gasteiger partial charge in [0.2, 0.25) is 0 Å². The molecule has 1 unspecified atom stereocenters. The third kappa shape index (κ3) is 5.55. The van der Waals surface area contributed by atoms with E-state index in [4.69, 9.17) is 4.74 Å². The van der Waals surface area contributed by atoms with Crippen LogP contribution in [0.4, 0.5) is 4.39 Å². The summed E-state index contributed by atoms with van der Waals surface area (Å²) in [5, 5.41) is 9.07. The molecule has 2 aromatic rings. The molecule has 152 valence electrons. The van der Waals surface area contributed by atoms with Crippen LogP contribution in [0.2, 0.25) is 0 Å². The molecule has 0 radical (unpaired) electrons. The fourth-order valence-corrected chi connectivity index (χ4v) is 4.59. The Balaban J connectivity index is 1.57. The van der Waals surface area contributed by atoms with Gasteiger partial charge in [0.1, 0.15) is 5.82 Å². The van der Waals surface area contributed by atoms with Crippen LogP contribution < -0.4 is 10.6 Å². The molecule has 1 aromatic carbocycles. The number of thiophene rings is 1. The molecule has 4 nitrogen and oxygen atoms in total. The molecule has 1 aliphatic heterocycles. The topological polar surface area (TPSA) is 45.7 Å². The van der Waals surface area contributed by atoms with Crippen molar-refractivity contribution >= 4 is 17.3 Å². The molecule has 0 aliphatic carbocycles. The lowest BCUT2D eigenvalue weighted by molar-refractivity contribution is 0.0513. The number of guanidine groups is 1. The molecule has 2 heterocycles. The van der Waals surface area contributed by atoms with Gasteiger partial charge in [-0.3, -0.25) is 4.99 Å². The third-order valence-electron chi connectivity index (χ3n) is 5.47. The third-order valence-corrected chi connectivity index (χ3v) is 6.37. The Morgan fingerprint density at radius 1 is 1.21 bits per heavy atom. The second kappa shape index (κ2) is 10.0. The molecule has 0 spiro atoms. The van der Waals surface area contributed by atoms with E-state index < -0.39 is 0 Å². The Bertz CT molecular complexity index is 740. The summed E-state index contributed by atoms with van der Waals surface area (Å²) in [5.74, 6) is 1.13. The highest BCUT2D eigenvalue weighted by molar-refractivity contribution is 7.09. The van der Waals surface area contributed by atoms with Crippen molar-refractivity contribution in [1.82, 2.24) is 10.6 Å². The zero-order chi connectivity index (χ0) is 19.8. The van der Waals surface area contributed by atoms with E-state index in [2.05, 4.69) is 40.1 Å². The fourth-order valence-electron chi connectivity index (χ4n) is 3.72. The Labute approximate surface area is 171 Å². The van der Waals surface area contributed by atoms with Crippen LogP contribution in [-0.4, -0.2) is 39.3 Å². The van der Waals surface area contributed by atoms with E-state index in [0.717, 1.165) is 57.1 Å². The Hall–Kier alpha value is -1.92. The van der Waals surface area contributed by atoms with Gasteiger partial charge in [-0.15, -0.1) is 11.3 Å². The van der Waals surface area contributed by atoms with Crippen molar-refractivity contribution in [2.45, 2.75) is 31.6 Å². The zero-order valence-electron chi connectivity index (χ0n) is 16.7. The van der Waals surface area contributed by atoms with E-state index in [1.807, 2.05) is 12.1 Å². The lowest BCUT2D eigenvalue weighted by Crippen LogP contribution is -2.48. The molecule has 1 aliphatic rings. The van der Waals surface area contributed by atoms with Gasteiger partial charge in [-0.1, -0.05) is 25.1 Å². The first kappa shape index (κ1) is 20.8. The molecule has 28 heavy (non-hydrogen) atoms. The molecular formula is C22H30FN3OS. The average Bonchev–Trinajstić information content (AvgIpc) is 3.22. The maximum atomic E-state index is 13.4. The molecule has 1 saturated heterocycles. The van der Waals surface area contributed by atoms with Crippen LogP contribution in [0, 0.1) is 11.7 Å². The van der Waals surface area contributed by atoms with Crippen LogP contribution in [0.1, 0.15) is 30.2 Å². The van der Waals surface area contributed by atoms with Gasteiger partial charge >= 0.3 is 0 Å². The summed E-state index contributed by atoms with van der Waals surface area (Å²) in [6.07, 6.45) is 2.90. The van der Waals surface area contributed by atoms with Crippen LogP contribution in [0.3, 0.4) is 0 Å². The first-order valence-corrected chi connectivity index (χ1v) is 10.8. The minimum atomic E-state index is -0.198. The molecule has 6 heteroatoms. The number of halogens is 1. The molecule has 0 saturated carbocycles. The summed E-state index contributed by atoms with van der Waals surface area (Å²) in [4.78, 5) is 5.80. The van der Waals surface area contributed by atoms with Crippen molar-refractivity contribution in [1.29, 1.82) is 0 Å². The van der Waals surface area contributed by atoms with Crippen LogP contribution >= 0.6 is 11.3 Å². The molecule has 1 fully saturated rings. The number of ether oxygens (including phenoxy) is 1. The molecule has 0 bridgehead atoms. The SMILES string of the molecule is CN=C(NCC(C)Cc1cccs1)NCC1(c2ccc(F)cc2)CCOCC1. The molecular weight excluding hydrogens is 373 g/mol. The van der Waals surface area contributed by atoms with E-state index in [-0.39, 0.29) is 11.2 Å². The van der Waals surface area contributed by atoms with Crippen molar-refractivity contribution in [2.24, 2.45) is 10.9 Å². The molecule has 2 N–H and O–H groups in total. The molecule has 1 aromatic heterocycles. The summed E-state index contributed by atoms with van der Waals surface area (Å²) in [6, 6.07) is 11.2. The van der Waals surface area contributed by atoms with E-state index >= 15 is 0 Å². The van der Waals surface area contributed by atoms with Crippen LogP contribution in [-0.2, 0) is 16.6 Å². The van der Waals surface area contributed by atoms with Crippen LogP contribution in [0.5, 0.6) is 0 Å². The average molecular weight is 404 g/mol. The van der Waals surface area contributed by atoms with Gasteiger partial charge in [-0.2, -0.15) is 0 Å². The number of aliphatic imine (C=N–C) groups is 1. The van der Waals surface area contributed by atoms with Crippen LogP contribution in [0.25, 0.3) is 0 Å². The van der Waals surface area contributed by atoms with E-state index in [1.54, 1.807) is 30.5 Å². The van der Waals surface area contributed by atoms with Crippen molar-refractivity contribution in [3.05, 3.63) is 58.0 Å². The smallest absolute Gasteiger partial charge is 0.191 e. The van der Waals surface area contributed by atoms with Gasteiger partial charge < -0.3 is 15.4 Å². The highest BCUT2D eigenvalue weighted by atomic mass is 32.1. The van der Waals surface area contributed by atoms with Gasteiger partial charge in [0.05, 0.1) is 0 Å². The van der Waals surface area contributed by atoms with Crippen molar-refractivity contribution in [3.8, 4) is 0 Å². The first-order chi connectivity index (χ1) is 13.6. The Kier molecular flexibility index (Phi) is 7.45.